The fraction of sp³-hybridized carbons (Fsp3) is 1.00. The standard InChI is InChI=1S/C19H33N/c1-18(2,3)17-5-4-6-20(17)13-19-10-14-7-15(11-19)9-16(8-14)12-19/h14-17H,4-13H2,1-3H3/t14?,15?,16?,17-,19?/m0/s1. The Balaban J connectivity index is 1.51. The van der Waals surface area contributed by atoms with Gasteiger partial charge in [-0.25, -0.2) is 0 Å². The van der Waals surface area contributed by atoms with E-state index < -0.39 is 0 Å². The zero-order valence-corrected chi connectivity index (χ0v) is 13.8. The third-order valence-corrected chi connectivity index (χ3v) is 7.07. The van der Waals surface area contributed by atoms with E-state index in [1.807, 2.05) is 0 Å². The Labute approximate surface area is 125 Å². The van der Waals surface area contributed by atoms with Crippen molar-refractivity contribution in [3.05, 3.63) is 0 Å². The first kappa shape index (κ1) is 13.6. The van der Waals surface area contributed by atoms with Crippen LogP contribution in [-0.2, 0) is 0 Å². The zero-order valence-electron chi connectivity index (χ0n) is 13.8. The van der Waals surface area contributed by atoms with Crippen molar-refractivity contribution in [3.8, 4) is 0 Å². The number of nitrogens with zero attached hydrogens (tertiary/aromatic N) is 1. The van der Waals surface area contributed by atoms with Crippen molar-refractivity contribution in [1.82, 2.24) is 4.90 Å². The van der Waals surface area contributed by atoms with E-state index in [2.05, 4.69) is 25.7 Å². The highest BCUT2D eigenvalue weighted by Crippen LogP contribution is 2.60. The van der Waals surface area contributed by atoms with Gasteiger partial charge < -0.3 is 0 Å². The quantitative estimate of drug-likeness (QED) is 0.705. The van der Waals surface area contributed by atoms with Crippen molar-refractivity contribution in [2.45, 2.75) is 78.2 Å². The Kier molecular flexibility index (Phi) is 3.05. The molecule has 5 rings (SSSR count). The molecule has 20 heavy (non-hydrogen) atoms. The van der Waals surface area contributed by atoms with Crippen LogP contribution in [0.25, 0.3) is 0 Å². The number of hydrogen-bond donors (Lipinski definition) is 0. The summed E-state index contributed by atoms with van der Waals surface area (Å²) in [4.78, 5) is 2.91. The van der Waals surface area contributed by atoms with E-state index >= 15 is 0 Å². The van der Waals surface area contributed by atoms with Crippen molar-refractivity contribution < 1.29 is 0 Å². The Morgan fingerprint density at radius 2 is 1.50 bits per heavy atom. The van der Waals surface area contributed by atoms with Crippen LogP contribution in [0, 0.1) is 28.6 Å². The highest BCUT2D eigenvalue weighted by molar-refractivity contribution is 5.04. The van der Waals surface area contributed by atoms with Gasteiger partial charge in [0.15, 0.2) is 0 Å². The van der Waals surface area contributed by atoms with Gasteiger partial charge in [-0.3, -0.25) is 4.90 Å². The van der Waals surface area contributed by atoms with Crippen molar-refractivity contribution in [2.24, 2.45) is 28.6 Å². The maximum Gasteiger partial charge on any atom is 0.0144 e. The molecule has 0 spiro atoms. The largest absolute Gasteiger partial charge is 0.299 e. The normalized spacial score (nSPS) is 48.1. The molecule has 1 heterocycles. The van der Waals surface area contributed by atoms with Crippen LogP contribution in [0.5, 0.6) is 0 Å². The summed E-state index contributed by atoms with van der Waals surface area (Å²) in [5.41, 5.74) is 1.21. The molecule has 4 bridgehead atoms. The molecule has 0 amide bonds. The maximum atomic E-state index is 2.91. The molecule has 0 N–H and O–H groups in total. The van der Waals surface area contributed by atoms with Crippen LogP contribution in [0.4, 0.5) is 0 Å². The zero-order chi connectivity index (χ0) is 14.0. The lowest BCUT2D eigenvalue weighted by atomic mass is 9.49. The van der Waals surface area contributed by atoms with Crippen LogP contribution < -0.4 is 0 Å². The molecule has 4 saturated carbocycles. The predicted octanol–water partition coefficient (Wildman–Crippen LogP) is 4.71. The molecule has 1 saturated heterocycles. The lowest BCUT2D eigenvalue weighted by Gasteiger charge is -2.58. The van der Waals surface area contributed by atoms with E-state index in [0.717, 1.165) is 29.2 Å². The smallest absolute Gasteiger partial charge is 0.0144 e. The van der Waals surface area contributed by atoms with Crippen LogP contribution in [0.2, 0.25) is 0 Å². The highest BCUT2D eigenvalue weighted by Gasteiger charge is 2.52. The molecular formula is C19H33N. The first-order valence-electron chi connectivity index (χ1n) is 9.18. The van der Waals surface area contributed by atoms with E-state index in [-0.39, 0.29) is 0 Å². The van der Waals surface area contributed by atoms with Crippen LogP contribution >= 0.6 is 0 Å². The van der Waals surface area contributed by atoms with E-state index in [4.69, 9.17) is 0 Å². The third kappa shape index (κ3) is 2.25. The average Bonchev–Trinajstić information content (AvgIpc) is 2.73. The molecule has 0 aromatic carbocycles. The predicted molar refractivity (Wildman–Crippen MR) is 84.7 cm³/mol. The molecule has 1 atom stereocenters. The van der Waals surface area contributed by atoms with Gasteiger partial charge >= 0.3 is 0 Å². The molecule has 5 aliphatic rings. The van der Waals surface area contributed by atoms with Crippen LogP contribution in [0.1, 0.15) is 72.1 Å². The lowest BCUT2D eigenvalue weighted by Crippen LogP contribution is -2.53. The van der Waals surface area contributed by atoms with Gasteiger partial charge in [0, 0.05) is 12.6 Å². The van der Waals surface area contributed by atoms with Crippen LogP contribution in [0.3, 0.4) is 0 Å². The molecule has 1 heteroatoms. The summed E-state index contributed by atoms with van der Waals surface area (Å²) in [6.45, 7) is 10.2. The molecule has 1 nitrogen and oxygen atoms in total. The van der Waals surface area contributed by atoms with E-state index in [1.165, 1.54) is 25.9 Å². The first-order chi connectivity index (χ1) is 9.44. The van der Waals surface area contributed by atoms with Crippen LogP contribution in [-0.4, -0.2) is 24.0 Å². The minimum atomic E-state index is 0.471. The summed E-state index contributed by atoms with van der Waals surface area (Å²) in [6, 6.07) is 0.843. The van der Waals surface area contributed by atoms with Crippen molar-refractivity contribution >= 4 is 0 Å². The summed E-state index contributed by atoms with van der Waals surface area (Å²) in [7, 11) is 0. The van der Waals surface area contributed by atoms with Gasteiger partial charge in [-0.15, -0.1) is 0 Å². The first-order valence-corrected chi connectivity index (χ1v) is 9.18. The second-order valence-electron chi connectivity index (χ2n) is 9.91. The highest BCUT2D eigenvalue weighted by atomic mass is 15.2. The Morgan fingerprint density at radius 3 is 2.00 bits per heavy atom. The fourth-order valence-corrected chi connectivity index (χ4v) is 6.91. The van der Waals surface area contributed by atoms with E-state index in [1.54, 1.807) is 38.5 Å². The minimum absolute atomic E-state index is 0.471. The Morgan fingerprint density at radius 1 is 0.950 bits per heavy atom. The molecule has 0 aromatic rings. The molecule has 0 aromatic heterocycles. The van der Waals surface area contributed by atoms with E-state index in [0.29, 0.717) is 5.41 Å². The molecular weight excluding hydrogens is 242 g/mol. The second-order valence-corrected chi connectivity index (χ2v) is 9.91. The molecule has 0 radical (unpaired) electrons. The van der Waals surface area contributed by atoms with Gasteiger partial charge in [0.1, 0.15) is 0 Å². The van der Waals surface area contributed by atoms with Gasteiger partial charge in [0.05, 0.1) is 0 Å². The van der Waals surface area contributed by atoms with Crippen molar-refractivity contribution in [2.75, 3.05) is 13.1 Å². The molecule has 0 unspecified atom stereocenters. The maximum absolute atomic E-state index is 2.91. The summed E-state index contributed by atoms with van der Waals surface area (Å²) >= 11 is 0. The molecule has 1 aliphatic heterocycles. The molecule has 114 valence electrons. The summed E-state index contributed by atoms with van der Waals surface area (Å²) in [5, 5.41) is 0. The summed E-state index contributed by atoms with van der Waals surface area (Å²) in [5.74, 6) is 3.32. The van der Waals surface area contributed by atoms with Gasteiger partial charge in [-0.1, -0.05) is 20.8 Å². The van der Waals surface area contributed by atoms with Gasteiger partial charge in [-0.05, 0) is 86.5 Å². The van der Waals surface area contributed by atoms with Gasteiger partial charge in [0.2, 0.25) is 0 Å². The molecule has 5 fully saturated rings. The van der Waals surface area contributed by atoms with Crippen molar-refractivity contribution in [1.29, 1.82) is 0 Å². The van der Waals surface area contributed by atoms with Gasteiger partial charge in [0.25, 0.3) is 0 Å². The topological polar surface area (TPSA) is 3.24 Å². The SMILES string of the molecule is CC(C)(C)[C@@H]1CCCN1CC12CC3CC(CC(C3)C1)C2. The molecule has 4 aliphatic carbocycles. The Hall–Kier alpha value is -0.0400. The summed E-state index contributed by atoms with van der Waals surface area (Å²) < 4.78 is 0. The fourth-order valence-electron chi connectivity index (χ4n) is 6.91. The minimum Gasteiger partial charge on any atom is -0.299 e. The number of hydrogen-bond acceptors (Lipinski definition) is 1. The monoisotopic (exact) mass is 275 g/mol. The Bertz CT molecular complexity index is 342. The van der Waals surface area contributed by atoms with Crippen LogP contribution in [0.15, 0.2) is 0 Å². The lowest BCUT2D eigenvalue weighted by molar-refractivity contribution is -0.0754. The summed E-state index contributed by atoms with van der Waals surface area (Å²) in [6.07, 6.45) is 12.4. The number of likely N-dealkylation sites (tertiary alicyclic amines) is 1. The van der Waals surface area contributed by atoms with Gasteiger partial charge in [-0.2, -0.15) is 0 Å². The average molecular weight is 275 g/mol. The number of rotatable bonds is 2. The third-order valence-electron chi connectivity index (χ3n) is 7.07. The van der Waals surface area contributed by atoms with Crippen molar-refractivity contribution in [3.63, 3.8) is 0 Å². The second kappa shape index (κ2) is 4.48. The van der Waals surface area contributed by atoms with E-state index in [9.17, 15) is 0 Å².